The van der Waals surface area contributed by atoms with Crippen molar-refractivity contribution in [3.8, 4) is 16.3 Å². The van der Waals surface area contributed by atoms with Crippen LogP contribution in [0.5, 0.6) is 5.75 Å². The lowest BCUT2D eigenvalue weighted by Crippen LogP contribution is -2.31. The van der Waals surface area contributed by atoms with E-state index >= 15 is 0 Å². The minimum atomic E-state index is -1.25. The Hall–Kier alpha value is -1.73. The molecule has 0 saturated heterocycles. The summed E-state index contributed by atoms with van der Waals surface area (Å²) in [6.45, 7) is 4.65. The van der Waals surface area contributed by atoms with Crippen LogP contribution < -0.4 is 10.1 Å². The van der Waals surface area contributed by atoms with Crippen LogP contribution in [0.3, 0.4) is 0 Å². The first-order valence-corrected chi connectivity index (χ1v) is 10.0. The monoisotopic (exact) mass is 366 g/mol. The molecule has 0 aliphatic rings. The highest BCUT2D eigenvalue weighted by Gasteiger charge is 2.12. The van der Waals surface area contributed by atoms with E-state index in [1.54, 1.807) is 7.11 Å². The maximum Gasteiger partial charge on any atom is 0.232 e. The Morgan fingerprint density at radius 2 is 2.04 bits per heavy atom. The van der Waals surface area contributed by atoms with E-state index in [9.17, 15) is 9.00 Å². The first-order chi connectivity index (χ1) is 11.5. The Labute approximate surface area is 148 Å². The lowest BCUT2D eigenvalue weighted by atomic mass is 10.2. The van der Waals surface area contributed by atoms with Gasteiger partial charge in [-0.3, -0.25) is 9.00 Å². The van der Waals surface area contributed by atoms with Crippen molar-refractivity contribution in [2.75, 3.05) is 19.4 Å². The van der Waals surface area contributed by atoms with E-state index < -0.39 is 10.8 Å². The van der Waals surface area contributed by atoms with Crippen LogP contribution in [0.25, 0.3) is 10.6 Å². The van der Waals surface area contributed by atoms with Crippen molar-refractivity contribution in [3.05, 3.63) is 35.3 Å². The summed E-state index contributed by atoms with van der Waals surface area (Å²) < 4.78 is 17.2. The average molecular weight is 367 g/mol. The molecule has 1 N–H and O–H groups in total. The number of ether oxygens (including phenoxy) is 1. The lowest BCUT2D eigenvalue weighted by molar-refractivity contribution is -0.118. The number of methoxy groups -OCH3 is 1. The van der Waals surface area contributed by atoms with E-state index in [4.69, 9.17) is 4.74 Å². The maximum absolute atomic E-state index is 12.1. The molecule has 2 aromatic rings. The summed E-state index contributed by atoms with van der Waals surface area (Å²) in [5.41, 5.74) is 1.74. The van der Waals surface area contributed by atoms with Crippen molar-refractivity contribution in [1.82, 2.24) is 10.3 Å². The molecule has 0 radical (unpaired) electrons. The minimum Gasteiger partial charge on any atom is -0.497 e. The van der Waals surface area contributed by atoms with Gasteiger partial charge in [-0.05, 0) is 30.2 Å². The molecule has 1 heterocycles. The second kappa shape index (κ2) is 8.94. The maximum atomic E-state index is 12.1. The van der Waals surface area contributed by atoms with Gasteiger partial charge in [0.05, 0.1) is 18.6 Å². The van der Waals surface area contributed by atoms with Crippen molar-refractivity contribution in [1.29, 1.82) is 0 Å². The highest BCUT2D eigenvalue weighted by atomic mass is 32.2. The zero-order chi connectivity index (χ0) is 17.5. The molecule has 130 valence electrons. The van der Waals surface area contributed by atoms with Gasteiger partial charge in [-0.1, -0.05) is 13.8 Å². The standard InChI is InChI=1S/C17H22N2O3S2/c1-12(2)8-18-16(20)11-24(21)10-14-9-23-17(19-14)13-4-6-15(22-3)7-5-13/h4-7,9,12H,8,10-11H2,1-3H3,(H,18,20). The van der Waals surface area contributed by atoms with E-state index in [0.29, 0.717) is 18.2 Å². The predicted octanol–water partition coefficient (Wildman–Crippen LogP) is 2.84. The molecule has 7 heteroatoms. The third-order valence-corrected chi connectivity index (χ3v) is 5.34. The number of hydrogen-bond acceptors (Lipinski definition) is 5. The molecule has 1 aromatic heterocycles. The normalized spacial score (nSPS) is 12.2. The van der Waals surface area contributed by atoms with E-state index in [1.165, 1.54) is 11.3 Å². The molecule has 0 fully saturated rings. The molecule has 2 rings (SSSR count). The molecule has 0 aliphatic carbocycles. The van der Waals surface area contributed by atoms with E-state index in [0.717, 1.165) is 22.0 Å². The van der Waals surface area contributed by atoms with Gasteiger partial charge in [-0.15, -0.1) is 11.3 Å². The van der Waals surface area contributed by atoms with Gasteiger partial charge in [0.25, 0.3) is 0 Å². The summed E-state index contributed by atoms with van der Waals surface area (Å²) in [6, 6.07) is 7.65. The van der Waals surface area contributed by atoms with Gasteiger partial charge in [0.2, 0.25) is 5.91 Å². The van der Waals surface area contributed by atoms with Gasteiger partial charge in [0.1, 0.15) is 16.5 Å². The highest BCUT2D eigenvalue weighted by Crippen LogP contribution is 2.26. The van der Waals surface area contributed by atoms with Crippen molar-refractivity contribution >= 4 is 28.0 Å². The molecule has 0 aliphatic heterocycles. The summed E-state index contributed by atoms with van der Waals surface area (Å²) in [7, 11) is 0.376. The number of amides is 1. The fourth-order valence-electron chi connectivity index (χ4n) is 1.97. The molecule has 0 bridgehead atoms. The van der Waals surface area contributed by atoms with E-state index in [1.807, 2.05) is 43.5 Å². The van der Waals surface area contributed by atoms with Crippen LogP contribution in [0.2, 0.25) is 0 Å². The number of thiazole rings is 1. The SMILES string of the molecule is COc1ccc(-c2nc(CS(=O)CC(=O)NCC(C)C)cs2)cc1. The van der Waals surface area contributed by atoms with Crippen LogP contribution in [-0.2, 0) is 21.3 Å². The number of aromatic nitrogens is 1. The summed E-state index contributed by atoms with van der Waals surface area (Å²) in [4.78, 5) is 16.2. The summed E-state index contributed by atoms with van der Waals surface area (Å²) in [5.74, 6) is 1.31. The Balaban J connectivity index is 1.90. The Kier molecular flexibility index (Phi) is 6.93. The molecule has 1 aromatic carbocycles. The first kappa shape index (κ1) is 18.6. The molecule has 1 amide bonds. The zero-order valence-corrected chi connectivity index (χ0v) is 15.7. The smallest absolute Gasteiger partial charge is 0.232 e. The predicted molar refractivity (Wildman–Crippen MR) is 98.7 cm³/mol. The molecule has 0 saturated carbocycles. The quantitative estimate of drug-likeness (QED) is 0.780. The Morgan fingerprint density at radius 3 is 2.67 bits per heavy atom. The van der Waals surface area contributed by atoms with E-state index in [2.05, 4.69) is 10.3 Å². The number of hydrogen-bond donors (Lipinski definition) is 1. The van der Waals surface area contributed by atoms with Crippen LogP contribution in [-0.4, -0.2) is 34.5 Å². The Morgan fingerprint density at radius 1 is 1.33 bits per heavy atom. The van der Waals surface area contributed by atoms with Crippen molar-refractivity contribution in [3.63, 3.8) is 0 Å². The number of nitrogens with zero attached hydrogens (tertiary/aromatic N) is 1. The third-order valence-electron chi connectivity index (χ3n) is 3.20. The number of carbonyl (C=O) groups is 1. The van der Waals surface area contributed by atoms with Crippen LogP contribution >= 0.6 is 11.3 Å². The van der Waals surface area contributed by atoms with Gasteiger partial charge >= 0.3 is 0 Å². The number of carbonyl (C=O) groups excluding carboxylic acids is 1. The second-order valence-electron chi connectivity index (χ2n) is 5.80. The van der Waals surface area contributed by atoms with Crippen LogP contribution in [0.1, 0.15) is 19.5 Å². The first-order valence-electron chi connectivity index (χ1n) is 7.68. The molecule has 24 heavy (non-hydrogen) atoms. The highest BCUT2D eigenvalue weighted by molar-refractivity contribution is 7.84. The minimum absolute atomic E-state index is 0.0160. The second-order valence-corrected chi connectivity index (χ2v) is 8.11. The molecule has 1 unspecified atom stereocenters. The molecule has 1 atom stereocenters. The summed E-state index contributed by atoms with van der Waals surface area (Å²) in [6.07, 6.45) is 0. The number of rotatable bonds is 8. The molecule has 5 nitrogen and oxygen atoms in total. The average Bonchev–Trinajstić information content (AvgIpc) is 3.01. The fourth-order valence-corrected chi connectivity index (χ4v) is 3.88. The fraction of sp³-hybridized carbons (Fsp3) is 0.412. The number of nitrogens with one attached hydrogen (secondary N) is 1. The van der Waals surface area contributed by atoms with Crippen LogP contribution in [0.4, 0.5) is 0 Å². The topological polar surface area (TPSA) is 68.3 Å². The Bertz CT molecular complexity index is 696. The van der Waals surface area contributed by atoms with Crippen LogP contribution in [0, 0.1) is 5.92 Å². The summed E-state index contributed by atoms with van der Waals surface area (Å²) in [5, 5.41) is 5.54. The van der Waals surface area contributed by atoms with Crippen LogP contribution in [0.15, 0.2) is 29.6 Å². The van der Waals surface area contributed by atoms with Gasteiger partial charge in [-0.2, -0.15) is 0 Å². The third kappa shape index (κ3) is 5.72. The lowest BCUT2D eigenvalue weighted by Gasteiger charge is -2.06. The van der Waals surface area contributed by atoms with Crippen molar-refractivity contribution < 1.29 is 13.7 Å². The van der Waals surface area contributed by atoms with Crippen molar-refractivity contribution in [2.45, 2.75) is 19.6 Å². The van der Waals surface area contributed by atoms with Gasteiger partial charge in [-0.25, -0.2) is 4.98 Å². The van der Waals surface area contributed by atoms with Gasteiger partial charge in [0, 0.05) is 28.3 Å². The van der Waals surface area contributed by atoms with Crippen molar-refractivity contribution in [2.24, 2.45) is 5.92 Å². The van der Waals surface area contributed by atoms with Gasteiger partial charge in [0.15, 0.2) is 0 Å². The number of benzene rings is 1. The molecule has 0 spiro atoms. The van der Waals surface area contributed by atoms with E-state index in [-0.39, 0.29) is 11.7 Å². The molecular formula is C17H22N2O3S2. The largest absolute Gasteiger partial charge is 0.497 e. The summed E-state index contributed by atoms with van der Waals surface area (Å²) >= 11 is 1.50. The van der Waals surface area contributed by atoms with Gasteiger partial charge < -0.3 is 10.1 Å². The zero-order valence-electron chi connectivity index (χ0n) is 14.1. The molecular weight excluding hydrogens is 344 g/mol.